The smallest absolute Gasteiger partial charge is 0.255 e. The molecule has 0 unspecified atom stereocenters. The van der Waals surface area contributed by atoms with Crippen LogP contribution in [0.1, 0.15) is 29.8 Å². The molecule has 106 valence electrons. The van der Waals surface area contributed by atoms with Gasteiger partial charge < -0.3 is 15.0 Å². The Morgan fingerprint density at radius 2 is 2.11 bits per heavy atom. The van der Waals surface area contributed by atoms with E-state index in [-0.39, 0.29) is 5.91 Å². The SMILES string of the molecule is CCNc1cc(C)ccc1C(=O)N(C)CCOCC. The zero-order chi connectivity index (χ0) is 14.3. The van der Waals surface area contributed by atoms with E-state index in [0.29, 0.717) is 25.3 Å². The number of carbonyl (C=O) groups excluding carboxylic acids is 1. The van der Waals surface area contributed by atoms with Crippen molar-refractivity contribution in [2.75, 3.05) is 38.7 Å². The van der Waals surface area contributed by atoms with Crippen LogP contribution in [0.15, 0.2) is 18.2 Å². The maximum atomic E-state index is 12.4. The minimum Gasteiger partial charge on any atom is -0.385 e. The number of hydrogen-bond acceptors (Lipinski definition) is 3. The van der Waals surface area contributed by atoms with E-state index in [0.717, 1.165) is 17.8 Å². The third kappa shape index (κ3) is 4.56. The predicted molar refractivity (Wildman–Crippen MR) is 78.8 cm³/mol. The van der Waals surface area contributed by atoms with Gasteiger partial charge in [-0.3, -0.25) is 4.79 Å². The number of aryl methyl sites for hydroxylation is 1. The van der Waals surface area contributed by atoms with Crippen molar-refractivity contribution in [2.45, 2.75) is 20.8 Å². The lowest BCUT2D eigenvalue weighted by Crippen LogP contribution is -2.30. The minimum absolute atomic E-state index is 0.0238. The summed E-state index contributed by atoms with van der Waals surface area (Å²) in [6.07, 6.45) is 0. The summed E-state index contributed by atoms with van der Waals surface area (Å²) in [6.45, 7) is 8.64. The van der Waals surface area contributed by atoms with Crippen LogP contribution < -0.4 is 5.32 Å². The average molecular weight is 264 g/mol. The molecule has 19 heavy (non-hydrogen) atoms. The van der Waals surface area contributed by atoms with Gasteiger partial charge in [-0.15, -0.1) is 0 Å². The first-order chi connectivity index (χ1) is 9.10. The van der Waals surface area contributed by atoms with Crippen LogP contribution in [0.4, 0.5) is 5.69 Å². The number of likely N-dealkylation sites (N-methyl/N-ethyl adjacent to an activating group) is 1. The molecule has 4 nitrogen and oxygen atoms in total. The Labute approximate surface area is 115 Å². The largest absolute Gasteiger partial charge is 0.385 e. The molecule has 4 heteroatoms. The molecule has 0 aliphatic heterocycles. The van der Waals surface area contributed by atoms with Crippen LogP contribution in [0.25, 0.3) is 0 Å². The van der Waals surface area contributed by atoms with Crippen molar-refractivity contribution in [1.82, 2.24) is 4.90 Å². The summed E-state index contributed by atoms with van der Waals surface area (Å²) in [6, 6.07) is 5.85. The van der Waals surface area contributed by atoms with E-state index in [4.69, 9.17) is 4.74 Å². The molecule has 1 aromatic rings. The summed E-state index contributed by atoms with van der Waals surface area (Å²) in [5, 5.41) is 3.24. The van der Waals surface area contributed by atoms with E-state index in [1.165, 1.54) is 0 Å². The lowest BCUT2D eigenvalue weighted by atomic mass is 10.1. The highest BCUT2D eigenvalue weighted by Gasteiger charge is 2.15. The van der Waals surface area contributed by atoms with Gasteiger partial charge in [0.1, 0.15) is 0 Å². The van der Waals surface area contributed by atoms with Gasteiger partial charge in [0.25, 0.3) is 5.91 Å². The molecule has 0 aliphatic carbocycles. The topological polar surface area (TPSA) is 41.6 Å². The predicted octanol–water partition coefficient (Wildman–Crippen LogP) is 2.54. The molecule has 0 aliphatic rings. The maximum Gasteiger partial charge on any atom is 0.255 e. The van der Waals surface area contributed by atoms with E-state index in [1.807, 2.05) is 39.0 Å². The molecule has 0 fully saturated rings. The number of carbonyl (C=O) groups is 1. The summed E-state index contributed by atoms with van der Waals surface area (Å²) >= 11 is 0. The second-order valence-corrected chi connectivity index (χ2v) is 4.50. The quantitative estimate of drug-likeness (QED) is 0.769. The van der Waals surface area contributed by atoms with Crippen LogP contribution in [0, 0.1) is 6.92 Å². The molecule has 1 rings (SSSR count). The summed E-state index contributed by atoms with van der Waals surface area (Å²) < 4.78 is 5.28. The number of hydrogen-bond donors (Lipinski definition) is 1. The molecule has 1 amide bonds. The monoisotopic (exact) mass is 264 g/mol. The molecule has 0 aromatic heterocycles. The van der Waals surface area contributed by atoms with E-state index >= 15 is 0 Å². The Kier molecular flexibility index (Phi) is 6.36. The molecule has 0 radical (unpaired) electrons. The van der Waals surface area contributed by atoms with Gasteiger partial charge in [-0.1, -0.05) is 6.07 Å². The van der Waals surface area contributed by atoms with Crippen LogP contribution in [-0.4, -0.2) is 44.2 Å². The van der Waals surface area contributed by atoms with Gasteiger partial charge >= 0.3 is 0 Å². The van der Waals surface area contributed by atoms with Gasteiger partial charge in [0.15, 0.2) is 0 Å². The lowest BCUT2D eigenvalue weighted by Gasteiger charge is -2.19. The van der Waals surface area contributed by atoms with Crippen LogP contribution in [0.5, 0.6) is 0 Å². The number of rotatable bonds is 7. The second kappa shape index (κ2) is 7.79. The summed E-state index contributed by atoms with van der Waals surface area (Å²) in [7, 11) is 1.80. The van der Waals surface area contributed by atoms with Crippen molar-refractivity contribution < 1.29 is 9.53 Å². The molecule has 0 spiro atoms. The van der Waals surface area contributed by atoms with Gasteiger partial charge in [-0.2, -0.15) is 0 Å². The number of benzene rings is 1. The highest BCUT2D eigenvalue weighted by Crippen LogP contribution is 2.19. The molecular formula is C15H24N2O2. The molecular weight excluding hydrogens is 240 g/mol. The third-order valence-electron chi connectivity index (χ3n) is 2.89. The van der Waals surface area contributed by atoms with Crippen molar-refractivity contribution in [3.8, 4) is 0 Å². The Hall–Kier alpha value is -1.55. The third-order valence-corrected chi connectivity index (χ3v) is 2.89. The van der Waals surface area contributed by atoms with Crippen molar-refractivity contribution in [1.29, 1.82) is 0 Å². The van der Waals surface area contributed by atoms with E-state index < -0.39 is 0 Å². The van der Waals surface area contributed by atoms with Crippen molar-refractivity contribution in [3.05, 3.63) is 29.3 Å². The van der Waals surface area contributed by atoms with Crippen LogP contribution >= 0.6 is 0 Å². The number of amides is 1. The number of ether oxygens (including phenoxy) is 1. The van der Waals surface area contributed by atoms with Gasteiger partial charge in [0, 0.05) is 32.4 Å². The Balaban J connectivity index is 2.80. The summed E-state index contributed by atoms with van der Waals surface area (Å²) in [4.78, 5) is 14.1. The molecule has 1 aromatic carbocycles. The van der Waals surface area contributed by atoms with Crippen molar-refractivity contribution in [2.24, 2.45) is 0 Å². The standard InChI is InChI=1S/C15H24N2O2/c1-5-16-14-11-12(3)7-8-13(14)15(18)17(4)9-10-19-6-2/h7-8,11,16H,5-6,9-10H2,1-4H3. The fourth-order valence-corrected chi connectivity index (χ4v) is 1.83. The van der Waals surface area contributed by atoms with Gasteiger partial charge in [-0.05, 0) is 38.5 Å². The molecule has 0 saturated heterocycles. The molecule has 0 atom stereocenters. The van der Waals surface area contributed by atoms with Crippen LogP contribution in [0.2, 0.25) is 0 Å². The zero-order valence-corrected chi connectivity index (χ0v) is 12.3. The van der Waals surface area contributed by atoms with Crippen LogP contribution in [0.3, 0.4) is 0 Å². The fraction of sp³-hybridized carbons (Fsp3) is 0.533. The molecule has 0 bridgehead atoms. The lowest BCUT2D eigenvalue weighted by molar-refractivity contribution is 0.0711. The highest BCUT2D eigenvalue weighted by atomic mass is 16.5. The number of nitrogens with one attached hydrogen (secondary N) is 1. The van der Waals surface area contributed by atoms with Gasteiger partial charge in [-0.25, -0.2) is 0 Å². The van der Waals surface area contributed by atoms with E-state index in [1.54, 1.807) is 11.9 Å². The average Bonchev–Trinajstić information content (AvgIpc) is 2.39. The fourth-order valence-electron chi connectivity index (χ4n) is 1.83. The minimum atomic E-state index is 0.0238. The molecule has 1 N–H and O–H groups in total. The van der Waals surface area contributed by atoms with Gasteiger partial charge in [0.2, 0.25) is 0 Å². The van der Waals surface area contributed by atoms with Crippen molar-refractivity contribution in [3.63, 3.8) is 0 Å². The van der Waals surface area contributed by atoms with E-state index in [9.17, 15) is 4.79 Å². The second-order valence-electron chi connectivity index (χ2n) is 4.50. The van der Waals surface area contributed by atoms with Crippen LogP contribution in [-0.2, 0) is 4.74 Å². The summed E-state index contributed by atoms with van der Waals surface area (Å²) in [5.74, 6) is 0.0238. The van der Waals surface area contributed by atoms with Gasteiger partial charge in [0.05, 0.1) is 12.2 Å². The molecule has 0 heterocycles. The Morgan fingerprint density at radius 1 is 1.37 bits per heavy atom. The van der Waals surface area contributed by atoms with Crippen molar-refractivity contribution >= 4 is 11.6 Å². The first-order valence-corrected chi connectivity index (χ1v) is 6.77. The first kappa shape index (κ1) is 15.5. The first-order valence-electron chi connectivity index (χ1n) is 6.77. The zero-order valence-electron chi connectivity index (χ0n) is 12.3. The number of anilines is 1. The highest BCUT2D eigenvalue weighted by molar-refractivity contribution is 5.99. The maximum absolute atomic E-state index is 12.4. The number of nitrogens with zero attached hydrogens (tertiary/aromatic N) is 1. The van der Waals surface area contributed by atoms with E-state index in [2.05, 4.69) is 5.32 Å². The Bertz CT molecular complexity index is 419. The normalized spacial score (nSPS) is 10.3. The summed E-state index contributed by atoms with van der Waals surface area (Å²) in [5.41, 5.74) is 2.76. The Morgan fingerprint density at radius 3 is 2.74 bits per heavy atom. The molecule has 0 saturated carbocycles.